The summed E-state index contributed by atoms with van der Waals surface area (Å²) in [6, 6.07) is 17.6. The Kier molecular flexibility index (Phi) is 3.98. The molecule has 0 amide bonds. The monoisotopic (exact) mass is 385 g/mol. The summed E-state index contributed by atoms with van der Waals surface area (Å²) in [5.74, 6) is 2.81. The van der Waals surface area contributed by atoms with E-state index in [1.165, 1.54) is 0 Å². The van der Waals surface area contributed by atoms with Crippen LogP contribution in [0.1, 0.15) is 5.82 Å². The number of H-pyrrole nitrogens is 1. The first kappa shape index (κ1) is 17.0. The zero-order chi connectivity index (χ0) is 19.8. The first-order valence-electron chi connectivity index (χ1n) is 9.16. The molecule has 9 heteroatoms. The van der Waals surface area contributed by atoms with Gasteiger partial charge in [0.05, 0.1) is 28.6 Å². The third-order valence-corrected chi connectivity index (χ3v) is 4.65. The molecular formula is C20H19N9. The molecule has 0 unspecified atom stereocenters. The number of aryl methyl sites for hydroxylation is 1. The summed E-state index contributed by atoms with van der Waals surface area (Å²) in [6.07, 6.45) is 0. The standard InChI is InChI=1S/C20H19N9/c1-29-15-9-5-4-8-14(15)25-20(29)28-17-10-16(26-19(21)27-17)22-11-18-23-12-6-2-3-7-13(12)24-18/h2-10H,11H2,1H3,(H,23,24)(H4,21,22,25,26,27,28). The first-order valence-corrected chi connectivity index (χ1v) is 9.16. The third kappa shape index (κ3) is 3.29. The highest BCUT2D eigenvalue weighted by atomic mass is 15.2. The number of nitrogens with one attached hydrogen (secondary N) is 3. The normalized spacial score (nSPS) is 11.2. The van der Waals surface area contributed by atoms with Crippen LogP contribution in [0.5, 0.6) is 0 Å². The fraction of sp³-hybridized carbons (Fsp3) is 0.100. The SMILES string of the molecule is Cn1c(Nc2cc(NCc3nc4ccccc4[nH]3)nc(N)n2)nc2ccccc21. The van der Waals surface area contributed by atoms with Crippen LogP contribution in [0.3, 0.4) is 0 Å². The van der Waals surface area contributed by atoms with Crippen molar-refractivity contribution < 1.29 is 0 Å². The fourth-order valence-corrected chi connectivity index (χ4v) is 3.26. The Morgan fingerprint density at radius 2 is 1.69 bits per heavy atom. The molecule has 9 nitrogen and oxygen atoms in total. The Labute approximate surface area is 166 Å². The lowest BCUT2D eigenvalue weighted by Crippen LogP contribution is -2.08. The molecule has 5 rings (SSSR count). The lowest BCUT2D eigenvalue weighted by atomic mass is 10.3. The Morgan fingerprint density at radius 3 is 2.52 bits per heavy atom. The van der Waals surface area contributed by atoms with E-state index in [4.69, 9.17) is 5.73 Å². The van der Waals surface area contributed by atoms with E-state index >= 15 is 0 Å². The zero-order valence-corrected chi connectivity index (χ0v) is 15.7. The van der Waals surface area contributed by atoms with Gasteiger partial charge in [-0.05, 0) is 24.3 Å². The maximum Gasteiger partial charge on any atom is 0.223 e. The molecule has 3 aromatic heterocycles. The van der Waals surface area contributed by atoms with E-state index in [1.807, 2.05) is 60.1 Å². The number of hydrogen-bond donors (Lipinski definition) is 4. The Hall–Kier alpha value is -4.14. The lowest BCUT2D eigenvalue weighted by Gasteiger charge is -2.09. The largest absolute Gasteiger partial charge is 0.368 e. The number of para-hydroxylation sites is 4. The number of rotatable bonds is 5. The van der Waals surface area contributed by atoms with Crippen LogP contribution in [-0.4, -0.2) is 29.5 Å². The number of nitrogens with zero attached hydrogens (tertiary/aromatic N) is 5. The molecule has 0 radical (unpaired) electrons. The predicted molar refractivity (Wildman–Crippen MR) is 114 cm³/mol. The second-order valence-corrected chi connectivity index (χ2v) is 6.66. The summed E-state index contributed by atoms with van der Waals surface area (Å²) in [5, 5.41) is 6.46. The minimum Gasteiger partial charge on any atom is -0.368 e. The summed E-state index contributed by atoms with van der Waals surface area (Å²) in [5.41, 5.74) is 9.76. The van der Waals surface area contributed by atoms with Gasteiger partial charge in [-0.1, -0.05) is 24.3 Å². The van der Waals surface area contributed by atoms with Crippen LogP contribution in [-0.2, 0) is 13.6 Å². The minimum absolute atomic E-state index is 0.167. The van der Waals surface area contributed by atoms with E-state index in [0.29, 0.717) is 24.1 Å². The number of aromatic nitrogens is 6. The second kappa shape index (κ2) is 6.79. The van der Waals surface area contributed by atoms with Crippen molar-refractivity contribution in [3.63, 3.8) is 0 Å². The van der Waals surface area contributed by atoms with Gasteiger partial charge in [-0.3, -0.25) is 0 Å². The van der Waals surface area contributed by atoms with Gasteiger partial charge in [0.1, 0.15) is 17.5 Å². The number of imidazole rings is 2. The van der Waals surface area contributed by atoms with E-state index in [1.54, 1.807) is 6.07 Å². The summed E-state index contributed by atoms with van der Waals surface area (Å²) < 4.78 is 1.97. The van der Waals surface area contributed by atoms with Crippen LogP contribution in [0, 0.1) is 0 Å². The molecule has 0 fully saturated rings. The maximum absolute atomic E-state index is 5.90. The molecule has 0 aliphatic rings. The van der Waals surface area contributed by atoms with Crippen LogP contribution in [0.2, 0.25) is 0 Å². The van der Waals surface area contributed by atoms with Crippen LogP contribution in [0.15, 0.2) is 54.6 Å². The van der Waals surface area contributed by atoms with Crippen molar-refractivity contribution in [2.75, 3.05) is 16.4 Å². The quantitative estimate of drug-likeness (QED) is 0.366. The molecular weight excluding hydrogens is 366 g/mol. The van der Waals surface area contributed by atoms with E-state index in [-0.39, 0.29) is 5.95 Å². The maximum atomic E-state index is 5.90. The molecule has 0 bridgehead atoms. The molecule has 0 saturated heterocycles. The first-order chi connectivity index (χ1) is 14.2. The van der Waals surface area contributed by atoms with E-state index < -0.39 is 0 Å². The predicted octanol–water partition coefficient (Wildman–Crippen LogP) is 3.18. The summed E-state index contributed by atoms with van der Waals surface area (Å²) in [4.78, 5) is 21.0. The molecule has 0 atom stereocenters. The van der Waals surface area contributed by atoms with Crippen molar-refractivity contribution in [1.82, 2.24) is 29.5 Å². The van der Waals surface area contributed by atoms with Gasteiger partial charge >= 0.3 is 0 Å². The number of fused-ring (bicyclic) bond motifs is 2. The van der Waals surface area contributed by atoms with Crippen LogP contribution in [0.25, 0.3) is 22.1 Å². The Morgan fingerprint density at radius 1 is 0.931 bits per heavy atom. The molecule has 3 heterocycles. The van der Waals surface area contributed by atoms with Crippen molar-refractivity contribution in [1.29, 1.82) is 0 Å². The van der Waals surface area contributed by atoms with Crippen LogP contribution in [0.4, 0.5) is 23.5 Å². The van der Waals surface area contributed by atoms with Gasteiger partial charge in [0, 0.05) is 13.1 Å². The van der Waals surface area contributed by atoms with Gasteiger partial charge in [-0.15, -0.1) is 0 Å². The molecule has 5 aromatic rings. The smallest absolute Gasteiger partial charge is 0.223 e. The zero-order valence-electron chi connectivity index (χ0n) is 15.7. The van der Waals surface area contributed by atoms with Gasteiger partial charge in [0.25, 0.3) is 0 Å². The van der Waals surface area contributed by atoms with Crippen molar-refractivity contribution >= 4 is 45.6 Å². The lowest BCUT2D eigenvalue weighted by molar-refractivity contribution is 0.953. The van der Waals surface area contributed by atoms with Crippen molar-refractivity contribution in [2.45, 2.75) is 6.54 Å². The van der Waals surface area contributed by atoms with Crippen molar-refractivity contribution in [2.24, 2.45) is 7.05 Å². The van der Waals surface area contributed by atoms with Crippen LogP contribution >= 0.6 is 0 Å². The second-order valence-electron chi connectivity index (χ2n) is 6.66. The molecule has 29 heavy (non-hydrogen) atoms. The Balaban J connectivity index is 1.37. The molecule has 2 aromatic carbocycles. The average Bonchev–Trinajstić information content (AvgIpc) is 3.27. The van der Waals surface area contributed by atoms with Gasteiger partial charge in [0.15, 0.2) is 0 Å². The number of hydrogen-bond acceptors (Lipinski definition) is 7. The summed E-state index contributed by atoms with van der Waals surface area (Å²) >= 11 is 0. The molecule has 0 aliphatic carbocycles. The summed E-state index contributed by atoms with van der Waals surface area (Å²) in [7, 11) is 1.95. The number of nitrogen functional groups attached to an aromatic ring is 1. The molecule has 5 N–H and O–H groups in total. The van der Waals surface area contributed by atoms with Gasteiger partial charge < -0.3 is 25.9 Å². The molecule has 0 saturated carbocycles. The number of benzene rings is 2. The van der Waals surface area contributed by atoms with E-state index in [0.717, 1.165) is 27.9 Å². The van der Waals surface area contributed by atoms with Crippen molar-refractivity contribution in [3.8, 4) is 0 Å². The fourth-order valence-electron chi connectivity index (χ4n) is 3.26. The van der Waals surface area contributed by atoms with Gasteiger partial charge in [-0.2, -0.15) is 9.97 Å². The number of anilines is 4. The number of aromatic amines is 1. The summed E-state index contributed by atoms with van der Waals surface area (Å²) in [6.45, 7) is 0.483. The highest BCUT2D eigenvalue weighted by Gasteiger charge is 2.10. The highest BCUT2D eigenvalue weighted by molar-refractivity contribution is 5.79. The highest BCUT2D eigenvalue weighted by Crippen LogP contribution is 2.22. The molecule has 0 aliphatic heterocycles. The van der Waals surface area contributed by atoms with Crippen LogP contribution < -0.4 is 16.4 Å². The molecule has 144 valence electrons. The topological polar surface area (TPSA) is 122 Å². The number of nitrogens with two attached hydrogens (primary N) is 1. The van der Waals surface area contributed by atoms with Gasteiger partial charge in [-0.25, -0.2) is 9.97 Å². The van der Waals surface area contributed by atoms with Gasteiger partial charge in [0.2, 0.25) is 11.9 Å². The average molecular weight is 385 g/mol. The Bertz CT molecular complexity index is 1290. The minimum atomic E-state index is 0.167. The molecule has 0 spiro atoms. The van der Waals surface area contributed by atoms with E-state index in [9.17, 15) is 0 Å². The van der Waals surface area contributed by atoms with E-state index in [2.05, 4.69) is 35.6 Å². The van der Waals surface area contributed by atoms with Crippen molar-refractivity contribution in [3.05, 3.63) is 60.4 Å². The third-order valence-electron chi connectivity index (χ3n) is 4.65.